The van der Waals surface area contributed by atoms with Crippen LogP contribution in [0.15, 0.2) is 43.0 Å². The van der Waals surface area contributed by atoms with Gasteiger partial charge in [0.05, 0.1) is 12.7 Å². The Morgan fingerprint density at radius 3 is 2.84 bits per heavy atom. The van der Waals surface area contributed by atoms with E-state index in [1.165, 1.54) is 5.56 Å². The van der Waals surface area contributed by atoms with Crippen molar-refractivity contribution in [2.75, 3.05) is 0 Å². The molecule has 2 heterocycles. The lowest BCUT2D eigenvalue weighted by Crippen LogP contribution is -1.99. The molecule has 4 nitrogen and oxygen atoms in total. The molecule has 2 aromatic heterocycles. The number of rotatable bonds is 4. The maximum absolute atomic E-state index is 5.15. The van der Waals surface area contributed by atoms with Gasteiger partial charge in [-0.3, -0.25) is 0 Å². The minimum absolute atomic E-state index is 0.551. The van der Waals surface area contributed by atoms with Crippen LogP contribution in [0, 0.1) is 4.64 Å². The molecule has 0 unspecified atom stereocenters. The molecule has 0 radical (unpaired) electrons. The second-order valence-electron chi connectivity index (χ2n) is 4.43. The fraction of sp³-hybridized carbons (Fsp3) is 0.214. The van der Waals surface area contributed by atoms with Gasteiger partial charge >= 0.3 is 0 Å². The summed E-state index contributed by atoms with van der Waals surface area (Å²) in [5.41, 5.74) is 3.09. The number of fused-ring (bicyclic) bond motifs is 1. The summed E-state index contributed by atoms with van der Waals surface area (Å²) in [6.07, 6.45) is 5.58. The Morgan fingerprint density at radius 2 is 2.00 bits per heavy atom. The predicted molar refractivity (Wildman–Crippen MR) is 77.5 cm³/mol. The second kappa shape index (κ2) is 5.32. The van der Waals surface area contributed by atoms with E-state index in [4.69, 9.17) is 12.2 Å². The van der Waals surface area contributed by atoms with Gasteiger partial charge in [0.2, 0.25) is 0 Å². The summed E-state index contributed by atoms with van der Waals surface area (Å²) in [4.78, 5) is 11.5. The molecule has 0 aliphatic rings. The first-order chi connectivity index (χ1) is 9.34. The van der Waals surface area contributed by atoms with Crippen LogP contribution in [0.2, 0.25) is 0 Å². The van der Waals surface area contributed by atoms with Crippen molar-refractivity contribution in [3.05, 3.63) is 53.2 Å². The zero-order valence-corrected chi connectivity index (χ0v) is 11.2. The van der Waals surface area contributed by atoms with E-state index in [-0.39, 0.29) is 0 Å². The molecule has 0 aliphatic carbocycles. The molecule has 0 atom stereocenters. The monoisotopic (exact) mass is 270 g/mol. The molecule has 1 N–H and O–H groups in total. The van der Waals surface area contributed by atoms with Crippen LogP contribution in [0.1, 0.15) is 12.0 Å². The van der Waals surface area contributed by atoms with Gasteiger partial charge in [-0.05, 0) is 18.4 Å². The number of imidazole rings is 1. The molecule has 0 saturated carbocycles. The topological polar surface area (TPSA) is 46.5 Å². The van der Waals surface area contributed by atoms with Crippen LogP contribution >= 0.6 is 12.2 Å². The molecular weight excluding hydrogens is 256 g/mol. The minimum Gasteiger partial charge on any atom is -0.331 e. The summed E-state index contributed by atoms with van der Waals surface area (Å²) < 4.78 is 2.64. The first kappa shape index (κ1) is 12.0. The summed E-state index contributed by atoms with van der Waals surface area (Å²) in [5, 5.41) is 0. The number of hydrogen-bond donors (Lipinski definition) is 1. The number of aromatic nitrogens is 4. The van der Waals surface area contributed by atoms with Gasteiger partial charge in [0.1, 0.15) is 11.2 Å². The Bertz CT molecular complexity index is 730. The first-order valence-corrected chi connectivity index (χ1v) is 6.68. The van der Waals surface area contributed by atoms with E-state index in [0.717, 1.165) is 30.6 Å². The highest BCUT2D eigenvalue weighted by atomic mass is 32.1. The second-order valence-corrected chi connectivity index (χ2v) is 4.82. The summed E-state index contributed by atoms with van der Waals surface area (Å²) in [5.74, 6) is 0. The molecule has 96 valence electrons. The highest BCUT2D eigenvalue weighted by Gasteiger charge is 2.04. The molecule has 0 aliphatic heterocycles. The fourth-order valence-corrected chi connectivity index (χ4v) is 2.37. The third-order valence-electron chi connectivity index (χ3n) is 3.13. The van der Waals surface area contributed by atoms with Gasteiger partial charge in [-0.15, -0.1) is 0 Å². The average Bonchev–Trinajstić information content (AvgIpc) is 2.85. The summed E-state index contributed by atoms with van der Waals surface area (Å²) in [7, 11) is 0. The van der Waals surface area contributed by atoms with Crippen LogP contribution < -0.4 is 0 Å². The molecule has 5 heteroatoms. The minimum atomic E-state index is 0.551. The quantitative estimate of drug-likeness (QED) is 0.741. The SMILES string of the molecule is S=c1nc[nH]c2c1ncn2CCCc1ccccc1. The Labute approximate surface area is 116 Å². The Balaban J connectivity index is 1.72. The van der Waals surface area contributed by atoms with Crippen molar-refractivity contribution in [3.8, 4) is 0 Å². The van der Waals surface area contributed by atoms with Gasteiger partial charge in [0.15, 0.2) is 4.64 Å². The van der Waals surface area contributed by atoms with Gasteiger partial charge in [-0.2, -0.15) is 0 Å². The lowest BCUT2D eigenvalue weighted by molar-refractivity contribution is 0.652. The third-order valence-corrected chi connectivity index (χ3v) is 3.43. The molecule has 0 saturated heterocycles. The third kappa shape index (κ3) is 2.56. The number of nitrogens with zero attached hydrogens (tertiary/aromatic N) is 3. The van der Waals surface area contributed by atoms with Crippen LogP contribution in [0.3, 0.4) is 0 Å². The maximum atomic E-state index is 5.15. The van der Waals surface area contributed by atoms with E-state index in [1.807, 2.05) is 12.4 Å². The van der Waals surface area contributed by atoms with E-state index in [1.54, 1.807) is 6.33 Å². The summed E-state index contributed by atoms with van der Waals surface area (Å²) in [6, 6.07) is 10.5. The summed E-state index contributed by atoms with van der Waals surface area (Å²) in [6.45, 7) is 0.917. The fourth-order valence-electron chi connectivity index (χ4n) is 2.17. The smallest absolute Gasteiger partial charge is 0.157 e. The molecule has 19 heavy (non-hydrogen) atoms. The van der Waals surface area contributed by atoms with Gasteiger partial charge in [0, 0.05) is 6.54 Å². The molecule has 0 spiro atoms. The van der Waals surface area contributed by atoms with Gasteiger partial charge < -0.3 is 9.55 Å². The van der Waals surface area contributed by atoms with Crippen LogP contribution in [-0.2, 0) is 13.0 Å². The zero-order chi connectivity index (χ0) is 13.1. The standard InChI is InChI=1S/C14H14N4S/c19-14-12-13(15-9-16-14)18(10-17-12)8-4-7-11-5-2-1-3-6-11/h1-3,5-6,9-10H,4,7-8H2,(H,15,16,19). The summed E-state index contributed by atoms with van der Waals surface area (Å²) >= 11 is 5.15. The van der Waals surface area contributed by atoms with Crippen molar-refractivity contribution in [2.24, 2.45) is 0 Å². The molecular formula is C14H14N4S. The highest BCUT2D eigenvalue weighted by molar-refractivity contribution is 7.71. The maximum Gasteiger partial charge on any atom is 0.157 e. The van der Waals surface area contributed by atoms with E-state index < -0.39 is 0 Å². The molecule has 3 rings (SSSR count). The molecule has 1 aromatic carbocycles. The van der Waals surface area contributed by atoms with Gasteiger partial charge in [0.25, 0.3) is 0 Å². The Hall–Kier alpha value is -2.01. The van der Waals surface area contributed by atoms with Crippen molar-refractivity contribution >= 4 is 23.4 Å². The lowest BCUT2D eigenvalue weighted by Gasteiger charge is -2.04. The van der Waals surface area contributed by atoms with Gasteiger partial charge in [-0.25, -0.2) is 9.97 Å². The number of benzene rings is 1. The van der Waals surface area contributed by atoms with Crippen LogP contribution in [-0.4, -0.2) is 19.5 Å². The highest BCUT2D eigenvalue weighted by Crippen LogP contribution is 2.11. The number of H-pyrrole nitrogens is 1. The van der Waals surface area contributed by atoms with E-state index >= 15 is 0 Å². The zero-order valence-electron chi connectivity index (χ0n) is 10.4. The lowest BCUT2D eigenvalue weighted by atomic mass is 10.1. The van der Waals surface area contributed by atoms with Crippen molar-refractivity contribution in [3.63, 3.8) is 0 Å². The number of aryl methyl sites for hydroxylation is 2. The van der Waals surface area contributed by atoms with Crippen molar-refractivity contribution < 1.29 is 0 Å². The average molecular weight is 270 g/mol. The number of hydrogen-bond acceptors (Lipinski definition) is 3. The van der Waals surface area contributed by atoms with E-state index in [0.29, 0.717) is 4.64 Å². The van der Waals surface area contributed by atoms with Crippen LogP contribution in [0.4, 0.5) is 0 Å². The van der Waals surface area contributed by atoms with Crippen molar-refractivity contribution in [1.29, 1.82) is 0 Å². The molecule has 0 amide bonds. The molecule has 0 fully saturated rings. The molecule has 0 bridgehead atoms. The van der Waals surface area contributed by atoms with E-state index in [2.05, 4.69) is 43.8 Å². The van der Waals surface area contributed by atoms with Crippen molar-refractivity contribution in [2.45, 2.75) is 19.4 Å². The number of nitrogens with one attached hydrogen (secondary N) is 1. The van der Waals surface area contributed by atoms with E-state index in [9.17, 15) is 0 Å². The first-order valence-electron chi connectivity index (χ1n) is 6.27. The Kier molecular flexibility index (Phi) is 3.37. The Morgan fingerprint density at radius 1 is 1.16 bits per heavy atom. The van der Waals surface area contributed by atoms with Gasteiger partial charge in [-0.1, -0.05) is 42.5 Å². The predicted octanol–water partition coefficient (Wildman–Crippen LogP) is 3.12. The molecule has 3 aromatic rings. The van der Waals surface area contributed by atoms with Crippen LogP contribution in [0.5, 0.6) is 0 Å². The number of aromatic amines is 1. The largest absolute Gasteiger partial charge is 0.331 e. The van der Waals surface area contributed by atoms with Crippen molar-refractivity contribution in [1.82, 2.24) is 19.5 Å². The normalized spacial score (nSPS) is 10.9. The van der Waals surface area contributed by atoms with Crippen LogP contribution in [0.25, 0.3) is 11.2 Å².